The average molecular weight is 333 g/mol. The fourth-order valence-corrected chi connectivity index (χ4v) is 8.10. The van der Waals surface area contributed by atoms with Crippen molar-refractivity contribution in [2.45, 2.75) is 91.1 Å². The largest absolute Gasteiger partial charge is 0.390 e. The molecule has 0 aromatic rings. The second-order valence-corrected chi connectivity index (χ2v) is 10.6. The molecule has 4 aliphatic rings. The Morgan fingerprint density at radius 3 is 2.29 bits per heavy atom. The van der Waals surface area contributed by atoms with Crippen LogP contribution in [0.25, 0.3) is 0 Å². The van der Waals surface area contributed by atoms with Gasteiger partial charge >= 0.3 is 0 Å². The van der Waals surface area contributed by atoms with Crippen LogP contribution in [0.4, 0.5) is 0 Å². The molecule has 0 aromatic carbocycles. The van der Waals surface area contributed by atoms with Crippen LogP contribution in [0.3, 0.4) is 0 Å². The lowest BCUT2D eigenvalue weighted by Crippen LogP contribution is -2.55. The first-order valence-electron chi connectivity index (χ1n) is 10.4. The van der Waals surface area contributed by atoms with Gasteiger partial charge in [-0.25, -0.2) is 0 Å². The smallest absolute Gasteiger partial charge is 0.133 e. The van der Waals surface area contributed by atoms with E-state index in [0.717, 1.165) is 37.0 Å². The predicted molar refractivity (Wildman–Crippen MR) is 96.5 cm³/mol. The molecule has 2 nitrogen and oxygen atoms in total. The molecule has 2 heteroatoms. The molecule has 4 saturated carbocycles. The summed E-state index contributed by atoms with van der Waals surface area (Å²) in [6.07, 6.45) is 10.8. The summed E-state index contributed by atoms with van der Waals surface area (Å²) >= 11 is 0. The standard InChI is InChI=1S/C22H36O2/c1-14(23)17-7-8-18-16-6-5-15-13-20(2,24)11-12-21(15,3)19(16)9-10-22(17,18)4/h15-19,24H,5-13H2,1-4H3/t15-,16-,17+,18-,19-,20+,21-,22+/m1/s1. The summed E-state index contributed by atoms with van der Waals surface area (Å²) in [6, 6.07) is 0. The molecule has 1 N–H and O–H groups in total. The summed E-state index contributed by atoms with van der Waals surface area (Å²) in [5.41, 5.74) is 0.268. The SMILES string of the molecule is CC(=O)[C@@H]1CC[C@@H]2[C@H]3CC[C@@H]4C[C@@](C)(O)CC[C@@]4(C)[C@@H]3CC[C@]21C. The highest BCUT2D eigenvalue weighted by atomic mass is 16.3. The number of fused-ring (bicyclic) bond motifs is 5. The van der Waals surface area contributed by atoms with E-state index in [2.05, 4.69) is 13.8 Å². The van der Waals surface area contributed by atoms with Crippen molar-refractivity contribution in [3.05, 3.63) is 0 Å². The van der Waals surface area contributed by atoms with Crippen molar-refractivity contribution < 1.29 is 9.90 Å². The maximum Gasteiger partial charge on any atom is 0.133 e. The Labute approximate surface area is 147 Å². The molecule has 4 rings (SSSR count). The molecule has 0 unspecified atom stereocenters. The minimum atomic E-state index is -0.437. The zero-order chi connectivity index (χ0) is 17.3. The van der Waals surface area contributed by atoms with E-state index in [4.69, 9.17) is 0 Å². The van der Waals surface area contributed by atoms with Crippen LogP contribution in [0.2, 0.25) is 0 Å². The van der Waals surface area contributed by atoms with Gasteiger partial charge in [0.1, 0.15) is 5.78 Å². The third-order valence-corrected chi connectivity index (χ3v) is 9.44. The van der Waals surface area contributed by atoms with Gasteiger partial charge in [0.2, 0.25) is 0 Å². The van der Waals surface area contributed by atoms with E-state index in [9.17, 15) is 9.90 Å². The Hall–Kier alpha value is -0.370. The van der Waals surface area contributed by atoms with Crippen LogP contribution in [0.5, 0.6) is 0 Å². The molecule has 0 spiro atoms. The highest BCUT2D eigenvalue weighted by molar-refractivity contribution is 5.79. The van der Waals surface area contributed by atoms with Gasteiger partial charge in [-0.05, 0) is 106 Å². The van der Waals surface area contributed by atoms with Crippen molar-refractivity contribution in [1.29, 1.82) is 0 Å². The van der Waals surface area contributed by atoms with E-state index in [1.54, 1.807) is 0 Å². The third kappa shape index (κ3) is 2.27. The molecule has 0 amide bonds. The molecule has 0 aliphatic heterocycles. The first-order chi connectivity index (χ1) is 11.2. The van der Waals surface area contributed by atoms with Crippen LogP contribution < -0.4 is 0 Å². The van der Waals surface area contributed by atoms with Crippen LogP contribution >= 0.6 is 0 Å². The monoisotopic (exact) mass is 332 g/mol. The van der Waals surface area contributed by atoms with E-state index in [0.29, 0.717) is 23.0 Å². The Balaban J connectivity index is 1.61. The topological polar surface area (TPSA) is 37.3 Å². The molecule has 4 fully saturated rings. The summed E-state index contributed by atoms with van der Waals surface area (Å²) in [4.78, 5) is 12.2. The van der Waals surface area contributed by atoms with Gasteiger partial charge in [0.25, 0.3) is 0 Å². The maximum atomic E-state index is 12.2. The Morgan fingerprint density at radius 2 is 1.58 bits per heavy atom. The van der Waals surface area contributed by atoms with Crippen LogP contribution in [0.1, 0.15) is 85.5 Å². The lowest BCUT2D eigenvalue weighted by atomic mass is 9.44. The molecule has 4 aliphatic carbocycles. The second kappa shape index (κ2) is 5.32. The van der Waals surface area contributed by atoms with Gasteiger partial charge in [0, 0.05) is 5.92 Å². The van der Waals surface area contributed by atoms with Gasteiger partial charge in [-0.1, -0.05) is 13.8 Å². The molecule has 136 valence electrons. The normalized spacial score (nSPS) is 57.0. The molecular weight excluding hydrogens is 296 g/mol. The van der Waals surface area contributed by atoms with Crippen molar-refractivity contribution >= 4 is 5.78 Å². The maximum absolute atomic E-state index is 12.2. The molecule has 0 bridgehead atoms. The molecule has 24 heavy (non-hydrogen) atoms. The van der Waals surface area contributed by atoms with Crippen molar-refractivity contribution in [2.24, 2.45) is 40.4 Å². The lowest BCUT2D eigenvalue weighted by Gasteiger charge is -2.61. The number of rotatable bonds is 1. The number of hydrogen-bond acceptors (Lipinski definition) is 2. The lowest BCUT2D eigenvalue weighted by molar-refractivity contribution is -0.150. The van der Waals surface area contributed by atoms with Gasteiger partial charge in [-0.3, -0.25) is 4.79 Å². The zero-order valence-electron chi connectivity index (χ0n) is 16.1. The van der Waals surface area contributed by atoms with E-state index < -0.39 is 5.60 Å². The summed E-state index contributed by atoms with van der Waals surface area (Å²) in [7, 11) is 0. The quantitative estimate of drug-likeness (QED) is 0.735. The number of aliphatic hydroxyl groups is 1. The first kappa shape index (κ1) is 17.1. The second-order valence-electron chi connectivity index (χ2n) is 10.6. The van der Waals surface area contributed by atoms with E-state index in [-0.39, 0.29) is 5.41 Å². The van der Waals surface area contributed by atoms with Crippen LogP contribution in [-0.2, 0) is 4.79 Å². The molecule has 0 aromatic heterocycles. The van der Waals surface area contributed by atoms with Gasteiger partial charge in [-0.15, -0.1) is 0 Å². The molecule has 0 radical (unpaired) electrons. The van der Waals surface area contributed by atoms with Crippen LogP contribution in [-0.4, -0.2) is 16.5 Å². The van der Waals surface area contributed by atoms with Gasteiger partial charge in [-0.2, -0.15) is 0 Å². The average Bonchev–Trinajstić information content (AvgIpc) is 2.85. The van der Waals surface area contributed by atoms with E-state index in [1.165, 1.54) is 38.5 Å². The Kier molecular flexibility index (Phi) is 3.78. The van der Waals surface area contributed by atoms with Crippen molar-refractivity contribution in [2.75, 3.05) is 0 Å². The molecule has 0 saturated heterocycles. The number of ketones is 1. The van der Waals surface area contributed by atoms with Crippen molar-refractivity contribution in [1.82, 2.24) is 0 Å². The summed E-state index contributed by atoms with van der Waals surface area (Å²) in [6.45, 7) is 8.85. The zero-order valence-corrected chi connectivity index (χ0v) is 16.1. The summed E-state index contributed by atoms with van der Waals surface area (Å²) < 4.78 is 0. The fraction of sp³-hybridized carbons (Fsp3) is 0.955. The number of hydrogen-bond donors (Lipinski definition) is 1. The summed E-state index contributed by atoms with van der Waals surface area (Å²) in [5, 5.41) is 10.6. The minimum Gasteiger partial charge on any atom is -0.390 e. The molecule has 0 heterocycles. The number of Topliss-reactive ketones (excluding diaryl/α,β-unsaturated/α-hetero) is 1. The van der Waals surface area contributed by atoms with Crippen molar-refractivity contribution in [3.63, 3.8) is 0 Å². The van der Waals surface area contributed by atoms with Crippen LogP contribution in [0.15, 0.2) is 0 Å². The van der Waals surface area contributed by atoms with E-state index in [1.807, 2.05) is 13.8 Å². The Morgan fingerprint density at radius 1 is 0.875 bits per heavy atom. The minimum absolute atomic E-state index is 0.274. The highest BCUT2D eigenvalue weighted by Crippen LogP contribution is 2.68. The predicted octanol–water partition coefficient (Wildman–Crippen LogP) is 4.99. The fourth-order valence-electron chi connectivity index (χ4n) is 8.10. The van der Waals surface area contributed by atoms with Gasteiger partial charge in [0.15, 0.2) is 0 Å². The molecule has 8 atom stereocenters. The van der Waals surface area contributed by atoms with Crippen molar-refractivity contribution in [3.8, 4) is 0 Å². The first-order valence-corrected chi connectivity index (χ1v) is 10.4. The highest BCUT2D eigenvalue weighted by Gasteiger charge is 2.61. The number of carbonyl (C=O) groups is 1. The van der Waals surface area contributed by atoms with Crippen LogP contribution in [0, 0.1) is 40.4 Å². The third-order valence-electron chi connectivity index (χ3n) is 9.44. The van der Waals surface area contributed by atoms with Gasteiger partial charge in [0.05, 0.1) is 5.60 Å². The van der Waals surface area contributed by atoms with Gasteiger partial charge < -0.3 is 5.11 Å². The van der Waals surface area contributed by atoms with E-state index >= 15 is 0 Å². The Bertz CT molecular complexity index is 538. The summed E-state index contributed by atoms with van der Waals surface area (Å²) in [5.74, 6) is 3.89. The molecular formula is C22H36O2. The number of carbonyl (C=O) groups excluding carboxylic acids is 1.